The number of halogens is 1. The lowest BCUT2D eigenvalue weighted by Crippen LogP contribution is -2.25. The SMILES string of the molecule is NC(=O)OCCS(=O)(=O)C(c1nnc(CC2SC(=O)NC2=O)o1)c1nc2c(F)cc(-c3ccccc3)cc2s1. The second-order valence-corrected chi connectivity index (χ2v) is 12.7. The monoisotopic (exact) mass is 591 g/mol. The lowest BCUT2D eigenvalue weighted by atomic mass is 10.1. The Balaban J connectivity index is 1.53. The van der Waals surface area contributed by atoms with Gasteiger partial charge in [-0.2, -0.15) is 0 Å². The molecule has 1 aliphatic heterocycles. The number of amides is 3. The third kappa shape index (κ3) is 5.76. The maximum atomic E-state index is 15.1. The Morgan fingerprint density at radius 3 is 2.64 bits per heavy atom. The van der Waals surface area contributed by atoms with Crippen LogP contribution in [0.4, 0.5) is 14.0 Å². The van der Waals surface area contributed by atoms with Gasteiger partial charge < -0.3 is 14.9 Å². The van der Waals surface area contributed by atoms with E-state index < -0.39 is 55.8 Å². The topological polar surface area (TPSA) is 184 Å². The minimum atomic E-state index is -4.22. The number of thioether (sulfide) groups is 1. The second-order valence-electron chi connectivity index (χ2n) is 8.26. The van der Waals surface area contributed by atoms with Crippen molar-refractivity contribution >= 4 is 60.4 Å². The first-order valence-electron chi connectivity index (χ1n) is 11.2. The molecule has 4 aromatic rings. The molecular formula is C23H18FN5O7S3. The van der Waals surface area contributed by atoms with Crippen LogP contribution in [0.15, 0.2) is 46.9 Å². The lowest BCUT2D eigenvalue weighted by Gasteiger charge is -2.11. The summed E-state index contributed by atoms with van der Waals surface area (Å²) in [5.41, 5.74) is 6.24. The molecular weight excluding hydrogens is 573 g/mol. The van der Waals surface area contributed by atoms with Crippen LogP contribution >= 0.6 is 23.1 Å². The van der Waals surface area contributed by atoms with Gasteiger partial charge in [-0.15, -0.1) is 21.5 Å². The quantitative estimate of drug-likeness (QED) is 0.292. The summed E-state index contributed by atoms with van der Waals surface area (Å²) in [6.07, 6.45) is -1.28. The molecule has 0 aliphatic carbocycles. The third-order valence-electron chi connectivity index (χ3n) is 5.60. The van der Waals surface area contributed by atoms with Gasteiger partial charge in [0.25, 0.3) is 5.24 Å². The maximum absolute atomic E-state index is 15.1. The van der Waals surface area contributed by atoms with Crippen molar-refractivity contribution in [2.45, 2.75) is 16.9 Å². The number of rotatable bonds is 9. The van der Waals surface area contributed by atoms with Gasteiger partial charge in [-0.05, 0) is 23.3 Å². The highest BCUT2D eigenvalue weighted by atomic mass is 32.2. The van der Waals surface area contributed by atoms with Gasteiger partial charge >= 0.3 is 6.09 Å². The van der Waals surface area contributed by atoms with E-state index in [1.165, 1.54) is 6.07 Å². The summed E-state index contributed by atoms with van der Waals surface area (Å²) in [5.74, 6) is -2.31. The predicted molar refractivity (Wildman–Crippen MR) is 139 cm³/mol. The number of nitrogens with two attached hydrogens (primary N) is 1. The summed E-state index contributed by atoms with van der Waals surface area (Å²) in [7, 11) is -4.22. The summed E-state index contributed by atoms with van der Waals surface area (Å²) in [6, 6.07) is 12.1. The Morgan fingerprint density at radius 2 is 1.95 bits per heavy atom. The number of ether oxygens (including phenoxy) is 1. The number of hydrogen-bond donors (Lipinski definition) is 2. The van der Waals surface area contributed by atoms with Gasteiger partial charge in [0, 0.05) is 6.42 Å². The summed E-state index contributed by atoms with van der Waals surface area (Å²) in [5, 5.41) is 6.83. The minimum absolute atomic E-state index is 0.0412. The average Bonchev–Trinajstić information content (AvgIpc) is 3.58. The molecule has 2 aromatic carbocycles. The van der Waals surface area contributed by atoms with Gasteiger partial charge in [0.15, 0.2) is 20.9 Å². The molecule has 2 aromatic heterocycles. The molecule has 3 N–H and O–H groups in total. The molecule has 2 atom stereocenters. The van der Waals surface area contributed by atoms with Crippen molar-refractivity contribution in [2.75, 3.05) is 12.4 Å². The molecule has 1 aliphatic rings. The molecule has 3 heterocycles. The number of carbonyl (C=O) groups is 3. The zero-order valence-electron chi connectivity index (χ0n) is 19.7. The van der Waals surface area contributed by atoms with Crippen LogP contribution in [0.3, 0.4) is 0 Å². The first kappa shape index (κ1) is 26.7. The number of sulfone groups is 1. The first-order valence-corrected chi connectivity index (χ1v) is 14.6. The largest absolute Gasteiger partial charge is 0.449 e. The lowest BCUT2D eigenvalue weighted by molar-refractivity contribution is -0.119. The highest BCUT2D eigenvalue weighted by molar-refractivity contribution is 8.15. The van der Waals surface area contributed by atoms with E-state index in [0.717, 1.165) is 28.7 Å². The number of imide groups is 1. The zero-order valence-corrected chi connectivity index (χ0v) is 22.1. The van der Waals surface area contributed by atoms with Crippen LogP contribution in [0.5, 0.6) is 0 Å². The molecule has 0 bridgehead atoms. The molecule has 16 heteroatoms. The Labute approximate surface area is 228 Å². The van der Waals surface area contributed by atoms with Gasteiger partial charge in [-0.3, -0.25) is 14.9 Å². The fourth-order valence-electron chi connectivity index (χ4n) is 3.85. The molecule has 0 radical (unpaired) electrons. The van der Waals surface area contributed by atoms with Crippen molar-refractivity contribution in [3.8, 4) is 11.1 Å². The Hall–Kier alpha value is -3.89. The van der Waals surface area contributed by atoms with E-state index >= 15 is 4.39 Å². The Morgan fingerprint density at radius 1 is 1.18 bits per heavy atom. The molecule has 3 amide bonds. The van der Waals surface area contributed by atoms with Crippen LogP contribution in [0.2, 0.25) is 0 Å². The average molecular weight is 592 g/mol. The van der Waals surface area contributed by atoms with Crippen LogP contribution in [-0.4, -0.2) is 58.4 Å². The number of carbonyl (C=O) groups excluding carboxylic acids is 3. The van der Waals surface area contributed by atoms with E-state index in [2.05, 4.69) is 25.2 Å². The highest BCUT2D eigenvalue weighted by Crippen LogP contribution is 2.38. The highest BCUT2D eigenvalue weighted by Gasteiger charge is 2.38. The van der Waals surface area contributed by atoms with Crippen molar-refractivity contribution in [1.82, 2.24) is 20.5 Å². The normalized spacial score (nSPS) is 16.4. The van der Waals surface area contributed by atoms with Crippen LogP contribution in [0.25, 0.3) is 21.3 Å². The van der Waals surface area contributed by atoms with E-state index in [0.29, 0.717) is 10.3 Å². The van der Waals surface area contributed by atoms with Gasteiger partial charge in [-0.25, -0.2) is 22.6 Å². The van der Waals surface area contributed by atoms with Crippen LogP contribution < -0.4 is 11.1 Å². The third-order valence-corrected chi connectivity index (χ3v) is 9.68. The van der Waals surface area contributed by atoms with Gasteiger partial charge in [0.2, 0.25) is 17.7 Å². The maximum Gasteiger partial charge on any atom is 0.404 e. The number of nitrogens with zero attached hydrogens (tertiary/aromatic N) is 3. The molecule has 39 heavy (non-hydrogen) atoms. The Bertz CT molecular complexity index is 1690. The van der Waals surface area contributed by atoms with Crippen LogP contribution in [-0.2, 0) is 25.8 Å². The number of hydrogen-bond acceptors (Lipinski definition) is 12. The van der Waals surface area contributed by atoms with Gasteiger partial charge in [0.1, 0.15) is 22.4 Å². The molecule has 1 fully saturated rings. The van der Waals surface area contributed by atoms with E-state index in [-0.39, 0.29) is 28.7 Å². The molecule has 202 valence electrons. The van der Waals surface area contributed by atoms with Gasteiger partial charge in [-0.1, -0.05) is 42.1 Å². The van der Waals surface area contributed by atoms with Crippen molar-refractivity contribution in [2.24, 2.45) is 5.73 Å². The number of nitrogens with one attached hydrogen (secondary N) is 1. The van der Waals surface area contributed by atoms with Crippen molar-refractivity contribution in [1.29, 1.82) is 0 Å². The summed E-state index contributed by atoms with van der Waals surface area (Å²) >= 11 is 1.68. The van der Waals surface area contributed by atoms with Crippen LogP contribution in [0.1, 0.15) is 22.0 Å². The smallest absolute Gasteiger partial charge is 0.404 e. The van der Waals surface area contributed by atoms with Crippen molar-refractivity contribution in [3.05, 3.63) is 65.1 Å². The summed E-state index contributed by atoms with van der Waals surface area (Å²) in [6.45, 7) is -0.548. The molecule has 1 saturated heterocycles. The van der Waals surface area contributed by atoms with Crippen molar-refractivity contribution < 1.29 is 36.3 Å². The second kappa shape index (κ2) is 10.7. The zero-order chi connectivity index (χ0) is 27.7. The van der Waals surface area contributed by atoms with Crippen molar-refractivity contribution in [3.63, 3.8) is 0 Å². The van der Waals surface area contributed by atoms with E-state index in [1.54, 1.807) is 6.07 Å². The van der Waals surface area contributed by atoms with E-state index in [1.807, 2.05) is 30.3 Å². The molecule has 0 saturated carbocycles. The first-order chi connectivity index (χ1) is 18.6. The number of benzene rings is 2. The fraction of sp³-hybridized carbons (Fsp3) is 0.217. The Kier molecular flexibility index (Phi) is 7.33. The number of primary amides is 1. The molecule has 12 nitrogen and oxygen atoms in total. The predicted octanol–water partition coefficient (Wildman–Crippen LogP) is 2.98. The standard InChI is InChI=1S/C23H18FN5O7S3/c24-13-8-12(11-4-2-1-3-5-11)9-14-17(13)26-21(37-14)18(39(33,34)7-6-35-22(25)31)20-29-28-16(36-20)10-15-19(30)27-23(32)38-15/h1-5,8-9,15,18H,6-7,10H2,(H2,25,31)(H,27,30,32). The summed E-state index contributed by atoms with van der Waals surface area (Å²) < 4.78 is 52.5. The van der Waals surface area contributed by atoms with E-state index in [9.17, 15) is 22.8 Å². The molecule has 2 unspecified atom stereocenters. The van der Waals surface area contributed by atoms with E-state index in [4.69, 9.17) is 10.2 Å². The minimum Gasteiger partial charge on any atom is -0.449 e. The number of aromatic nitrogens is 3. The number of fused-ring (bicyclic) bond motifs is 1. The summed E-state index contributed by atoms with van der Waals surface area (Å²) in [4.78, 5) is 38.6. The fourth-order valence-corrected chi connectivity index (χ4v) is 7.55. The van der Waals surface area contributed by atoms with Crippen LogP contribution in [0, 0.1) is 5.82 Å². The van der Waals surface area contributed by atoms with Gasteiger partial charge in [0.05, 0.1) is 10.5 Å². The molecule has 5 rings (SSSR count). The molecule has 0 spiro atoms. The number of thiazole rings is 1.